The standard InChI is InChI=1S/C18H17F3N4O2S/c1-24(2)13-7-5-6-12(10-13)15-11-17(18(19,20)21)23-25(15)14-8-3-4-9-16(14)28(22,26)27/h3-11H,1-2H3,(H2,22,26,27). The molecule has 0 bridgehead atoms. The first kappa shape index (κ1) is 19.9. The Hall–Kier alpha value is -2.85. The lowest BCUT2D eigenvalue weighted by Crippen LogP contribution is -2.16. The molecule has 0 atom stereocenters. The van der Waals surface area contributed by atoms with Crippen LogP contribution in [0.15, 0.2) is 59.5 Å². The first-order valence-electron chi connectivity index (χ1n) is 8.06. The molecule has 0 fully saturated rings. The second-order valence-corrected chi connectivity index (χ2v) is 7.81. The molecule has 1 heterocycles. The molecule has 6 nitrogen and oxygen atoms in total. The van der Waals surface area contributed by atoms with Crippen LogP contribution in [0.2, 0.25) is 0 Å². The number of para-hydroxylation sites is 1. The number of alkyl halides is 3. The van der Waals surface area contributed by atoms with Gasteiger partial charge in [-0.05, 0) is 30.3 Å². The van der Waals surface area contributed by atoms with Gasteiger partial charge < -0.3 is 4.90 Å². The summed E-state index contributed by atoms with van der Waals surface area (Å²) in [6, 6.07) is 13.2. The van der Waals surface area contributed by atoms with Gasteiger partial charge in [0.05, 0.1) is 11.4 Å². The average Bonchev–Trinajstić information content (AvgIpc) is 3.07. The van der Waals surface area contributed by atoms with Crippen LogP contribution >= 0.6 is 0 Å². The molecule has 0 saturated heterocycles. The molecule has 0 saturated carbocycles. The lowest BCUT2D eigenvalue weighted by molar-refractivity contribution is -0.141. The Kier molecular flexibility index (Phi) is 4.94. The molecule has 1 aromatic heterocycles. The summed E-state index contributed by atoms with van der Waals surface area (Å²) in [5, 5.41) is 8.88. The van der Waals surface area contributed by atoms with Gasteiger partial charge in [-0.2, -0.15) is 18.3 Å². The molecule has 0 aliphatic rings. The van der Waals surface area contributed by atoms with Crippen molar-refractivity contribution in [3.63, 3.8) is 0 Å². The van der Waals surface area contributed by atoms with Crippen LogP contribution in [0.1, 0.15) is 5.69 Å². The Labute approximate surface area is 160 Å². The van der Waals surface area contributed by atoms with Gasteiger partial charge in [0, 0.05) is 25.3 Å². The van der Waals surface area contributed by atoms with Crippen molar-refractivity contribution < 1.29 is 21.6 Å². The SMILES string of the molecule is CN(C)c1cccc(-c2cc(C(F)(F)F)nn2-c2ccccc2S(N)(=O)=O)c1. The number of halogens is 3. The maximum atomic E-state index is 13.3. The van der Waals surface area contributed by atoms with E-state index in [2.05, 4.69) is 5.10 Å². The molecule has 0 unspecified atom stereocenters. The van der Waals surface area contributed by atoms with Crippen molar-refractivity contribution >= 4 is 15.7 Å². The van der Waals surface area contributed by atoms with Crippen molar-refractivity contribution in [1.29, 1.82) is 0 Å². The summed E-state index contributed by atoms with van der Waals surface area (Å²) in [6.45, 7) is 0. The average molecular weight is 410 g/mol. The highest BCUT2D eigenvalue weighted by Crippen LogP contribution is 2.35. The summed E-state index contributed by atoms with van der Waals surface area (Å²) in [4.78, 5) is 1.48. The van der Waals surface area contributed by atoms with Gasteiger partial charge in [-0.1, -0.05) is 24.3 Å². The molecule has 10 heteroatoms. The highest BCUT2D eigenvalue weighted by atomic mass is 32.2. The maximum Gasteiger partial charge on any atom is 0.435 e. The van der Waals surface area contributed by atoms with Crippen LogP contribution in [0, 0.1) is 0 Å². The van der Waals surface area contributed by atoms with E-state index in [0.29, 0.717) is 5.56 Å². The Morgan fingerprint density at radius 3 is 2.32 bits per heavy atom. The number of anilines is 1. The first-order valence-corrected chi connectivity index (χ1v) is 9.60. The molecule has 148 valence electrons. The highest BCUT2D eigenvalue weighted by molar-refractivity contribution is 7.89. The third kappa shape index (κ3) is 3.87. The van der Waals surface area contributed by atoms with E-state index in [1.54, 1.807) is 43.3 Å². The fourth-order valence-corrected chi connectivity index (χ4v) is 3.44. The Balaban J connectivity index is 2.32. The van der Waals surface area contributed by atoms with Gasteiger partial charge >= 0.3 is 6.18 Å². The quantitative estimate of drug-likeness (QED) is 0.716. The number of rotatable bonds is 4. The zero-order valence-electron chi connectivity index (χ0n) is 15.0. The smallest absolute Gasteiger partial charge is 0.378 e. The second kappa shape index (κ2) is 6.95. The van der Waals surface area contributed by atoms with Crippen LogP contribution in [0.5, 0.6) is 0 Å². The molecule has 2 aromatic carbocycles. The van der Waals surface area contributed by atoms with Gasteiger partial charge in [0.1, 0.15) is 4.90 Å². The van der Waals surface area contributed by atoms with Crippen LogP contribution < -0.4 is 10.0 Å². The van der Waals surface area contributed by atoms with E-state index in [1.807, 2.05) is 0 Å². The topological polar surface area (TPSA) is 81.2 Å². The van der Waals surface area contributed by atoms with Crippen LogP contribution in [0.4, 0.5) is 18.9 Å². The predicted octanol–water partition coefficient (Wildman–Crippen LogP) is 3.27. The zero-order chi connectivity index (χ0) is 20.7. The molecule has 0 aliphatic carbocycles. The van der Waals surface area contributed by atoms with Gasteiger partial charge in [0.25, 0.3) is 0 Å². The predicted molar refractivity (Wildman–Crippen MR) is 99.7 cm³/mol. The normalized spacial score (nSPS) is 12.2. The van der Waals surface area contributed by atoms with Gasteiger partial charge in [0.15, 0.2) is 5.69 Å². The highest BCUT2D eigenvalue weighted by Gasteiger charge is 2.35. The summed E-state index contributed by atoms with van der Waals surface area (Å²) in [6.07, 6.45) is -4.70. The number of nitrogens with two attached hydrogens (primary N) is 1. The van der Waals surface area contributed by atoms with Crippen molar-refractivity contribution in [3.8, 4) is 16.9 Å². The summed E-state index contributed by atoms with van der Waals surface area (Å²) in [5.41, 5.74) is 0.0943. The van der Waals surface area contributed by atoms with E-state index in [-0.39, 0.29) is 16.3 Å². The fraction of sp³-hybridized carbons (Fsp3) is 0.167. The lowest BCUT2D eigenvalue weighted by atomic mass is 10.1. The minimum Gasteiger partial charge on any atom is -0.378 e. The van der Waals surface area contributed by atoms with Crippen LogP contribution in [0.3, 0.4) is 0 Å². The van der Waals surface area contributed by atoms with E-state index < -0.39 is 21.9 Å². The molecule has 3 aromatic rings. The van der Waals surface area contributed by atoms with Crippen LogP contribution in [0.25, 0.3) is 16.9 Å². The number of hydrogen-bond acceptors (Lipinski definition) is 4. The van der Waals surface area contributed by atoms with Crippen molar-refractivity contribution in [3.05, 3.63) is 60.3 Å². The third-order valence-corrected chi connectivity index (χ3v) is 5.02. The molecular weight excluding hydrogens is 393 g/mol. The summed E-state index contributed by atoms with van der Waals surface area (Å²) >= 11 is 0. The molecule has 3 rings (SSSR count). The minimum absolute atomic E-state index is 0.0641. The fourth-order valence-electron chi connectivity index (χ4n) is 2.73. The number of benzene rings is 2. The Bertz CT molecular complexity index is 1120. The van der Waals surface area contributed by atoms with Crippen molar-refractivity contribution in [2.75, 3.05) is 19.0 Å². The molecular formula is C18H17F3N4O2S. The summed E-state index contributed by atoms with van der Waals surface area (Å²) < 4.78 is 64.8. The summed E-state index contributed by atoms with van der Waals surface area (Å²) in [7, 11) is -0.580. The maximum absolute atomic E-state index is 13.3. The van der Waals surface area contributed by atoms with Crippen molar-refractivity contribution in [2.45, 2.75) is 11.1 Å². The monoisotopic (exact) mass is 410 g/mol. The van der Waals surface area contributed by atoms with Crippen molar-refractivity contribution in [2.24, 2.45) is 5.14 Å². The molecule has 2 N–H and O–H groups in total. The Morgan fingerprint density at radius 1 is 1.04 bits per heavy atom. The lowest BCUT2D eigenvalue weighted by Gasteiger charge is -2.15. The van der Waals surface area contributed by atoms with Crippen LogP contribution in [-0.2, 0) is 16.2 Å². The van der Waals surface area contributed by atoms with E-state index >= 15 is 0 Å². The molecule has 0 spiro atoms. The number of sulfonamides is 1. The van der Waals surface area contributed by atoms with E-state index in [4.69, 9.17) is 5.14 Å². The molecule has 0 aliphatic heterocycles. The Morgan fingerprint density at radius 2 is 1.71 bits per heavy atom. The molecule has 28 heavy (non-hydrogen) atoms. The number of nitrogens with zero attached hydrogens (tertiary/aromatic N) is 3. The van der Waals surface area contributed by atoms with Crippen molar-refractivity contribution in [1.82, 2.24) is 9.78 Å². The summed E-state index contributed by atoms with van der Waals surface area (Å²) in [5.74, 6) is 0. The zero-order valence-corrected chi connectivity index (χ0v) is 15.8. The molecule has 0 amide bonds. The minimum atomic E-state index is -4.70. The van der Waals surface area contributed by atoms with E-state index in [0.717, 1.165) is 16.4 Å². The van der Waals surface area contributed by atoms with Gasteiger partial charge in [0.2, 0.25) is 10.0 Å². The van der Waals surface area contributed by atoms with Crippen LogP contribution in [-0.4, -0.2) is 32.3 Å². The first-order chi connectivity index (χ1) is 13.0. The number of hydrogen-bond donors (Lipinski definition) is 1. The van der Waals surface area contributed by atoms with Gasteiger partial charge in [-0.15, -0.1) is 0 Å². The van der Waals surface area contributed by atoms with E-state index in [1.165, 1.54) is 24.3 Å². The van der Waals surface area contributed by atoms with E-state index in [9.17, 15) is 21.6 Å². The number of primary sulfonamides is 1. The van der Waals surface area contributed by atoms with Gasteiger partial charge in [-0.25, -0.2) is 18.2 Å². The third-order valence-electron chi connectivity index (χ3n) is 4.06. The number of aromatic nitrogens is 2. The largest absolute Gasteiger partial charge is 0.435 e. The molecule has 0 radical (unpaired) electrons. The van der Waals surface area contributed by atoms with Gasteiger partial charge in [-0.3, -0.25) is 0 Å². The second-order valence-electron chi connectivity index (χ2n) is 6.28.